The summed E-state index contributed by atoms with van der Waals surface area (Å²) in [5, 5.41) is 4.30. The fourth-order valence-electron chi connectivity index (χ4n) is 1.93. The predicted octanol–water partition coefficient (Wildman–Crippen LogP) is -0.644. The predicted molar refractivity (Wildman–Crippen MR) is 59.3 cm³/mol. The summed E-state index contributed by atoms with van der Waals surface area (Å²) in [5.74, 6) is 0.912. The average molecular weight is 226 g/mol. The Kier molecular flexibility index (Phi) is 3.74. The molecule has 0 saturated heterocycles. The molecule has 0 bridgehead atoms. The van der Waals surface area contributed by atoms with Gasteiger partial charge >= 0.3 is 5.69 Å². The molecule has 0 atom stereocenters. The van der Waals surface area contributed by atoms with Crippen molar-refractivity contribution in [3.8, 4) is 0 Å². The summed E-state index contributed by atoms with van der Waals surface area (Å²) in [5.41, 5.74) is 5.30. The van der Waals surface area contributed by atoms with Crippen LogP contribution in [0, 0.1) is 0 Å². The lowest BCUT2D eigenvalue weighted by molar-refractivity contribution is 0.129. The fourth-order valence-corrected chi connectivity index (χ4v) is 1.93. The summed E-state index contributed by atoms with van der Waals surface area (Å²) in [6.45, 7) is 2.85. The quantitative estimate of drug-likeness (QED) is 0.677. The molecule has 0 saturated carbocycles. The van der Waals surface area contributed by atoms with Crippen LogP contribution in [0.15, 0.2) is 4.79 Å². The number of nitrogens with two attached hydrogens (primary N) is 1. The molecular weight excluding hydrogens is 208 g/mol. The molecule has 2 rings (SSSR count). The Labute approximate surface area is 94.0 Å². The minimum atomic E-state index is -0.00829. The Balaban J connectivity index is 1.99. The van der Waals surface area contributed by atoms with Gasteiger partial charge in [0.2, 0.25) is 0 Å². The van der Waals surface area contributed by atoms with Gasteiger partial charge in [-0.25, -0.2) is 9.48 Å². The number of fused-ring (bicyclic) bond motifs is 1. The third-order valence-corrected chi connectivity index (χ3v) is 2.74. The topological polar surface area (TPSA) is 75.1 Å². The maximum atomic E-state index is 11.9. The van der Waals surface area contributed by atoms with E-state index in [1.54, 1.807) is 4.57 Å². The normalized spacial score (nSPS) is 15.1. The molecule has 0 aliphatic carbocycles. The standard InChI is InChI=1S/C10H18N4O2/c11-4-7-16-8-6-14-10(15)13-5-2-1-3-9(13)12-14/h1-8,11H2. The molecule has 1 aromatic rings. The van der Waals surface area contributed by atoms with Gasteiger partial charge in [0.15, 0.2) is 0 Å². The summed E-state index contributed by atoms with van der Waals surface area (Å²) in [7, 11) is 0. The first-order valence-corrected chi connectivity index (χ1v) is 5.77. The van der Waals surface area contributed by atoms with Gasteiger partial charge in [0, 0.05) is 19.5 Å². The van der Waals surface area contributed by atoms with E-state index in [1.165, 1.54) is 4.68 Å². The summed E-state index contributed by atoms with van der Waals surface area (Å²) in [4.78, 5) is 11.9. The van der Waals surface area contributed by atoms with Crippen molar-refractivity contribution >= 4 is 0 Å². The Morgan fingerprint density at radius 3 is 3.00 bits per heavy atom. The van der Waals surface area contributed by atoms with Crippen LogP contribution in [0.5, 0.6) is 0 Å². The number of hydrogen-bond acceptors (Lipinski definition) is 4. The molecule has 2 heterocycles. The second-order valence-corrected chi connectivity index (χ2v) is 3.93. The molecule has 0 unspecified atom stereocenters. The van der Waals surface area contributed by atoms with Crippen LogP contribution in [0.25, 0.3) is 0 Å². The van der Waals surface area contributed by atoms with Crippen molar-refractivity contribution in [2.45, 2.75) is 32.4 Å². The molecule has 6 nitrogen and oxygen atoms in total. The number of rotatable bonds is 5. The van der Waals surface area contributed by atoms with Crippen molar-refractivity contribution in [2.24, 2.45) is 5.73 Å². The molecular formula is C10H18N4O2. The van der Waals surface area contributed by atoms with E-state index in [-0.39, 0.29) is 5.69 Å². The highest BCUT2D eigenvalue weighted by molar-refractivity contribution is 4.91. The average Bonchev–Trinajstić information content (AvgIpc) is 2.63. The van der Waals surface area contributed by atoms with E-state index in [0.717, 1.165) is 31.6 Å². The van der Waals surface area contributed by atoms with E-state index in [0.29, 0.717) is 26.3 Å². The summed E-state index contributed by atoms with van der Waals surface area (Å²) >= 11 is 0. The van der Waals surface area contributed by atoms with E-state index >= 15 is 0 Å². The zero-order valence-corrected chi connectivity index (χ0v) is 9.39. The van der Waals surface area contributed by atoms with Crippen LogP contribution in [-0.4, -0.2) is 34.1 Å². The van der Waals surface area contributed by atoms with Crippen molar-refractivity contribution in [2.75, 3.05) is 19.8 Å². The van der Waals surface area contributed by atoms with E-state index in [2.05, 4.69) is 5.10 Å². The first-order chi connectivity index (χ1) is 7.83. The smallest absolute Gasteiger partial charge is 0.345 e. The molecule has 0 fully saturated rings. The number of aromatic nitrogens is 3. The highest BCUT2D eigenvalue weighted by atomic mass is 16.5. The van der Waals surface area contributed by atoms with Crippen LogP contribution in [0.1, 0.15) is 18.7 Å². The zero-order chi connectivity index (χ0) is 11.4. The molecule has 1 aliphatic heterocycles. The highest BCUT2D eigenvalue weighted by Gasteiger charge is 2.15. The van der Waals surface area contributed by atoms with E-state index < -0.39 is 0 Å². The SMILES string of the molecule is NCCOCCn1nc2n(c1=O)CCCC2. The maximum Gasteiger partial charge on any atom is 0.345 e. The number of nitrogens with zero attached hydrogens (tertiary/aromatic N) is 3. The first kappa shape index (κ1) is 11.3. The fraction of sp³-hybridized carbons (Fsp3) is 0.800. The largest absolute Gasteiger partial charge is 0.378 e. The molecule has 2 N–H and O–H groups in total. The van der Waals surface area contributed by atoms with Gasteiger partial charge in [0.05, 0.1) is 19.8 Å². The number of ether oxygens (including phenoxy) is 1. The van der Waals surface area contributed by atoms with Crippen molar-refractivity contribution in [3.05, 3.63) is 16.3 Å². The molecule has 1 aromatic heterocycles. The van der Waals surface area contributed by atoms with Crippen molar-refractivity contribution < 1.29 is 4.74 Å². The molecule has 6 heteroatoms. The van der Waals surface area contributed by atoms with Gasteiger partial charge in [-0.3, -0.25) is 4.57 Å². The van der Waals surface area contributed by atoms with Gasteiger partial charge in [0.1, 0.15) is 5.82 Å². The van der Waals surface area contributed by atoms with Gasteiger partial charge in [-0.15, -0.1) is 0 Å². The van der Waals surface area contributed by atoms with Crippen LogP contribution in [0.2, 0.25) is 0 Å². The van der Waals surface area contributed by atoms with Gasteiger partial charge in [0.25, 0.3) is 0 Å². The van der Waals surface area contributed by atoms with Gasteiger partial charge in [-0.1, -0.05) is 0 Å². The molecule has 0 amide bonds. The number of hydrogen-bond donors (Lipinski definition) is 1. The molecule has 1 aliphatic rings. The van der Waals surface area contributed by atoms with E-state index in [1.807, 2.05) is 0 Å². The lowest BCUT2D eigenvalue weighted by atomic mass is 10.2. The molecule has 16 heavy (non-hydrogen) atoms. The van der Waals surface area contributed by atoms with Crippen LogP contribution in [0.4, 0.5) is 0 Å². The van der Waals surface area contributed by atoms with E-state index in [9.17, 15) is 4.79 Å². The van der Waals surface area contributed by atoms with Crippen molar-refractivity contribution in [3.63, 3.8) is 0 Å². The lowest BCUT2D eigenvalue weighted by Crippen LogP contribution is -2.28. The molecule has 0 aromatic carbocycles. The summed E-state index contributed by atoms with van der Waals surface area (Å²) in [6, 6.07) is 0. The highest BCUT2D eigenvalue weighted by Crippen LogP contribution is 2.08. The molecule has 0 radical (unpaired) electrons. The van der Waals surface area contributed by atoms with Gasteiger partial charge in [-0.2, -0.15) is 5.10 Å². The monoisotopic (exact) mass is 226 g/mol. The van der Waals surface area contributed by atoms with Crippen LogP contribution in [0.3, 0.4) is 0 Å². The van der Waals surface area contributed by atoms with Crippen LogP contribution in [-0.2, 0) is 24.2 Å². The van der Waals surface area contributed by atoms with E-state index in [4.69, 9.17) is 10.5 Å². The second-order valence-electron chi connectivity index (χ2n) is 3.93. The third kappa shape index (κ3) is 2.33. The number of aryl methyl sites for hydroxylation is 1. The van der Waals surface area contributed by atoms with Gasteiger partial charge < -0.3 is 10.5 Å². The first-order valence-electron chi connectivity index (χ1n) is 5.77. The second kappa shape index (κ2) is 5.27. The lowest BCUT2D eigenvalue weighted by Gasteiger charge is -2.09. The Morgan fingerprint density at radius 1 is 1.38 bits per heavy atom. The molecule has 90 valence electrons. The zero-order valence-electron chi connectivity index (χ0n) is 9.39. The third-order valence-electron chi connectivity index (χ3n) is 2.74. The van der Waals surface area contributed by atoms with Crippen LogP contribution < -0.4 is 11.4 Å². The van der Waals surface area contributed by atoms with Crippen molar-refractivity contribution in [1.29, 1.82) is 0 Å². The Morgan fingerprint density at radius 2 is 2.25 bits per heavy atom. The Hall–Kier alpha value is -1.14. The maximum absolute atomic E-state index is 11.9. The van der Waals surface area contributed by atoms with Gasteiger partial charge in [-0.05, 0) is 12.8 Å². The summed E-state index contributed by atoms with van der Waals surface area (Å²) < 4.78 is 8.51. The summed E-state index contributed by atoms with van der Waals surface area (Å²) in [6.07, 6.45) is 3.11. The molecule has 0 spiro atoms. The Bertz CT molecular complexity index is 396. The van der Waals surface area contributed by atoms with Crippen LogP contribution >= 0.6 is 0 Å². The minimum Gasteiger partial charge on any atom is -0.378 e. The minimum absolute atomic E-state index is 0.00829. The van der Waals surface area contributed by atoms with Crippen molar-refractivity contribution in [1.82, 2.24) is 14.3 Å².